The summed E-state index contributed by atoms with van der Waals surface area (Å²) in [6, 6.07) is 10.9. The van der Waals surface area contributed by atoms with Gasteiger partial charge in [0, 0.05) is 6.54 Å². The van der Waals surface area contributed by atoms with E-state index in [0.717, 1.165) is 23.2 Å². The number of aryl methyl sites for hydroxylation is 2. The average Bonchev–Trinajstić information content (AvgIpc) is 2.42. The first-order chi connectivity index (χ1) is 9.60. The summed E-state index contributed by atoms with van der Waals surface area (Å²) in [5.74, 6) is 0.617. The predicted octanol–water partition coefficient (Wildman–Crippen LogP) is 4.34. The van der Waals surface area contributed by atoms with Crippen molar-refractivity contribution in [2.24, 2.45) is 0 Å². The minimum Gasteiger partial charge on any atom is -0.454 e. The van der Waals surface area contributed by atoms with Crippen LogP contribution in [0.25, 0.3) is 0 Å². The number of rotatable bonds is 5. The Balaban J connectivity index is 2.17. The van der Waals surface area contributed by atoms with Crippen molar-refractivity contribution >= 4 is 0 Å². The van der Waals surface area contributed by atoms with Crippen LogP contribution in [0.4, 0.5) is 4.39 Å². The molecule has 0 fully saturated rings. The summed E-state index contributed by atoms with van der Waals surface area (Å²) in [6.45, 7) is 7.53. The van der Waals surface area contributed by atoms with Gasteiger partial charge in [-0.15, -0.1) is 0 Å². The second kappa shape index (κ2) is 6.53. The normalized spacial score (nSPS) is 10.6. The number of hydrogen-bond acceptors (Lipinski definition) is 2. The monoisotopic (exact) mass is 273 g/mol. The van der Waals surface area contributed by atoms with Crippen LogP contribution in [-0.4, -0.2) is 6.54 Å². The molecule has 3 heteroatoms. The summed E-state index contributed by atoms with van der Waals surface area (Å²) in [6.07, 6.45) is 0. The maximum absolute atomic E-state index is 14.0. The molecular formula is C17H20FNO. The highest BCUT2D eigenvalue weighted by Crippen LogP contribution is 2.28. The zero-order valence-electron chi connectivity index (χ0n) is 12.2. The van der Waals surface area contributed by atoms with Crippen LogP contribution in [0.3, 0.4) is 0 Å². The molecule has 2 nitrogen and oxygen atoms in total. The molecular weight excluding hydrogens is 253 g/mol. The first-order valence-corrected chi connectivity index (χ1v) is 6.84. The third kappa shape index (κ3) is 3.58. The molecule has 106 valence electrons. The molecule has 0 heterocycles. The van der Waals surface area contributed by atoms with E-state index in [9.17, 15) is 4.39 Å². The Morgan fingerprint density at radius 2 is 1.80 bits per heavy atom. The van der Waals surface area contributed by atoms with Crippen LogP contribution in [0, 0.1) is 19.7 Å². The molecule has 0 radical (unpaired) electrons. The summed E-state index contributed by atoms with van der Waals surface area (Å²) in [5.41, 5.74) is 3.08. The highest BCUT2D eigenvalue weighted by Gasteiger charge is 2.08. The van der Waals surface area contributed by atoms with Gasteiger partial charge in [0.2, 0.25) is 0 Å². The van der Waals surface area contributed by atoms with E-state index in [2.05, 4.69) is 5.32 Å². The van der Waals surface area contributed by atoms with Crippen molar-refractivity contribution in [2.45, 2.75) is 27.3 Å². The second-order valence-electron chi connectivity index (χ2n) is 4.92. The Labute approximate surface area is 119 Å². The maximum Gasteiger partial charge on any atom is 0.166 e. The maximum atomic E-state index is 14.0. The Kier molecular flexibility index (Phi) is 4.74. The van der Waals surface area contributed by atoms with Gasteiger partial charge in [-0.25, -0.2) is 4.39 Å². The molecule has 0 aromatic heterocycles. The van der Waals surface area contributed by atoms with Crippen LogP contribution >= 0.6 is 0 Å². The average molecular weight is 273 g/mol. The minimum atomic E-state index is -0.333. The third-order valence-corrected chi connectivity index (χ3v) is 3.13. The molecule has 2 rings (SSSR count). The van der Waals surface area contributed by atoms with E-state index in [1.165, 1.54) is 6.07 Å². The molecule has 0 amide bonds. The van der Waals surface area contributed by atoms with Crippen LogP contribution < -0.4 is 10.1 Å². The molecule has 0 bridgehead atoms. The quantitative estimate of drug-likeness (QED) is 0.874. The lowest BCUT2D eigenvalue weighted by molar-refractivity contribution is 0.438. The van der Waals surface area contributed by atoms with Crippen molar-refractivity contribution in [3.8, 4) is 11.5 Å². The fourth-order valence-corrected chi connectivity index (χ4v) is 2.04. The van der Waals surface area contributed by atoms with Gasteiger partial charge < -0.3 is 10.1 Å². The van der Waals surface area contributed by atoms with Gasteiger partial charge in [0.15, 0.2) is 11.6 Å². The van der Waals surface area contributed by atoms with Crippen molar-refractivity contribution in [1.82, 2.24) is 5.32 Å². The van der Waals surface area contributed by atoms with Gasteiger partial charge in [-0.05, 0) is 49.7 Å². The smallest absolute Gasteiger partial charge is 0.166 e. The minimum absolute atomic E-state index is 0.261. The van der Waals surface area contributed by atoms with E-state index < -0.39 is 0 Å². The Bertz CT molecular complexity index is 596. The molecule has 0 unspecified atom stereocenters. The second-order valence-corrected chi connectivity index (χ2v) is 4.92. The molecule has 1 N–H and O–H groups in total. The van der Waals surface area contributed by atoms with E-state index in [0.29, 0.717) is 12.3 Å². The van der Waals surface area contributed by atoms with Crippen molar-refractivity contribution in [3.63, 3.8) is 0 Å². The topological polar surface area (TPSA) is 21.3 Å². The van der Waals surface area contributed by atoms with Crippen molar-refractivity contribution < 1.29 is 9.13 Å². The van der Waals surface area contributed by atoms with Gasteiger partial charge >= 0.3 is 0 Å². The largest absolute Gasteiger partial charge is 0.454 e. The lowest BCUT2D eigenvalue weighted by atomic mass is 10.1. The van der Waals surface area contributed by atoms with Gasteiger partial charge in [0.25, 0.3) is 0 Å². The van der Waals surface area contributed by atoms with E-state index in [4.69, 9.17) is 4.74 Å². The SMILES string of the molecule is CCNCc1ccc(Oc2ccc(C)cc2C)c(F)c1. The number of ether oxygens (including phenoxy) is 1. The van der Waals surface area contributed by atoms with E-state index in [1.54, 1.807) is 6.07 Å². The highest BCUT2D eigenvalue weighted by atomic mass is 19.1. The molecule has 0 atom stereocenters. The van der Waals surface area contributed by atoms with Crippen molar-refractivity contribution in [3.05, 3.63) is 58.9 Å². The fraction of sp³-hybridized carbons (Fsp3) is 0.294. The Morgan fingerprint density at radius 1 is 1.05 bits per heavy atom. The van der Waals surface area contributed by atoms with Gasteiger partial charge in [0.05, 0.1) is 0 Å². The highest BCUT2D eigenvalue weighted by molar-refractivity contribution is 5.40. The van der Waals surface area contributed by atoms with Crippen LogP contribution in [0.5, 0.6) is 11.5 Å². The molecule has 0 aliphatic carbocycles. The number of hydrogen-bond donors (Lipinski definition) is 1. The van der Waals surface area contributed by atoms with Gasteiger partial charge in [0.1, 0.15) is 5.75 Å². The molecule has 2 aromatic rings. The molecule has 0 saturated heterocycles. The number of benzene rings is 2. The summed E-state index contributed by atoms with van der Waals surface area (Å²) in [7, 11) is 0. The first kappa shape index (κ1) is 14.5. The molecule has 0 spiro atoms. The predicted molar refractivity (Wildman–Crippen MR) is 79.8 cm³/mol. The standard InChI is InChI=1S/C17H20FNO/c1-4-19-11-14-6-8-17(15(18)10-14)20-16-7-5-12(2)9-13(16)3/h5-10,19H,4,11H2,1-3H3. The van der Waals surface area contributed by atoms with Crippen molar-refractivity contribution in [1.29, 1.82) is 0 Å². The molecule has 0 aliphatic heterocycles. The lowest BCUT2D eigenvalue weighted by Crippen LogP contribution is -2.11. The van der Waals surface area contributed by atoms with Crippen LogP contribution in [0.15, 0.2) is 36.4 Å². The number of nitrogens with one attached hydrogen (secondary N) is 1. The summed E-state index contributed by atoms with van der Waals surface area (Å²) in [5, 5.41) is 3.17. The zero-order valence-corrected chi connectivity index (χ0v) is 12.2. The molecule has 0 saturated carbocycles. The van der Waals surface area contributed by atoms with E-state index in [1.807, 2.05) is 45.0 Å². The fourth-order valence-electron chi connectivity index (χ4n) is 2.04. The molecule has 20 heavy (non-hydrogen) atoms. The van der Waals surface area contributed by atoms with E-state index >= 15 is 0 Å². The van der Waals surface area contributed by atoms with Gasteiger partial charge in [-0.2, -0.15) is 0 Å². The third-order valence-electron chi connectivity index (χ3n) is 3.13. The molecule has 0 aliphatic rings. The van der Waals surface area contributed by atoms with Crippen LogP contribution in [0.2, 0.25) is 0 Å². The van der Waals surface area contributed by atoms with Crippen LogP contribution in [0.1, 0.15) is 23.6 Å². The molecule has 2 aromatic carbocycles. The van der Waals surface area contributed by atoms with E-state index in [-0.39, 0.29) is 11.6 Å². The van der Waals surface area contributed by atoms with Gasteiger partial charge in [-0.3, -0.25) is 0 Å². The number of halogens is 1. The Hall–Kier alpha value is -1.87. The van der Waals surface area contributed by atoms with Gasteiger partial charge in [-0.1, -0.05) is 30.7 Å². The summed E-state index contributed by atoms with van der Waals surface area (Å²) in [4.78, 5) is 0. The van der Waals surface area contributed by atoms with Crippen LogP contribution in [-0.2, 0) is 6.54 Å². The Morgan fingerprint density at radius 3 is 2.45 bits per heavy atom. The lowest BCUT2D eigenvalue weighted by Gasteiger charge is -2.11. The summed E-state index contributed by atoms with van der Waals surface area (Å²) < 4.78 is 19.7. The summed E-state index contributed by atoms with van der Waals surface area (Å²) >= 11 is 0. The van der Waals surface area contributed by atoms with Crippen molar-refractivity contribution in [2.75, 3.05) is 6.54 Å². The first-order valence-electron chi connectivity index (χ1n) is 6.84. The zero-order chi connectivity index (χ0) is 14.5.